The second kappa shape index (κ2) is 7.75. The topological polar surface area (TPSA) is 66.4 Å². The lowest BCUT2D eigenvalue weighted by molar-refractivity contribution is 0.482. The molecule has 0 saturated heterocycles. The first-order chi connectivity index (χ1) is 10.1. The third-order valence-corrected chi connectivity index (χ3v) is 4.30. The van der Waals surface area contributed by atoms with Gasteiger partial charge in [-0.25, -0.2) is 8.78 Å². The van der Waals surface area contributed by atoms with Crippen LogP contribution in [0.5, 0.6) is 0 Å². The van der Waals surface area contributed by atoms with Crippen LogP contribution in [0.25, 0.3) is 5.70 Å². The Morgan fingerprint density at radius 1 is 1.32 bits per heavy atom. The first kappa shape index (κ1) is 18.7. The molecule has 1 aromatic rings. The minimum atomic E-state index is -4.10. The molecular weight excluding hydrogens is 332 g/mol. The molecule has 4 nitrogen and oxygen atoms in total. The van der Waals surface area contributed by atoms with Gasteiger partial charge >= 0.3 is 0 Å². The second-order valence-corrected chi connectivity index (χ2v) is 7.45. The Bertz CT molecular complexity index is 664. The summed E-state index contributed by atoms with van der Waals surface area (Å²) in [5.74, 6) is -1.80. The lowest BCUT2D eigenvalue weighted by atomic mass is 10.1. The zero-order valence-electron chi connectivity index (χ0n) is 12.0. The molecule has 0 fully saturated rings. The molecule has 0 aliphatic heterocycles. The van der Waals surface area contributed by atoms with Crippen molar-refractivity contribution in [3.8, 4) is 0 Å². The maximum Gasteiger partial charge on any atom is 0.266 e. The first-order valence-electron chi connectivity index (χ1n) is 6.24. The molecule has 0 atom stereocenters. The van der Waals surface area contributed by atoms with Crippen molar-refractivity contribution in [2.24, 2.45) is 0 Å². The SMILES string of the molecule is C=C(C)SCc1c(F)cc(C(=C)NCCS(=O)(=O)O)cc1F. The van der Waals surface area contributed by atoms with Gasteiger partial charge in [-0.05, 0) is 24.0 Å². The van der Waals surface area contributed by atoms with Gasteiger partial charge in [-0.15, -0.1) is 11.8 Å². The molecule has 0 bridgehead atoms. The summed E-state index contributed by atoms with van der Waals surface area (Å²) in [6.45, 7) is 8.87. The Morgan fingerprint density at radius 3 is 2.32 bits per heavy atom. The first-order valence-corrected chi connectivity index (χ1v) is 8.84. The predicted molar refractivity (Wildman–Crippen MR) is 85.9 cm³/mol. The quantitative estimate of drug-likeness (QED) is 0.706. The van der Waals surface area contributed by atoms with E-state index in [0.717, 1.165) is 17.0 Å². The fraction of sp³-hybridized carbons (Fsp3) is 0.286. The van der Waals surface area contributed by atoms with Gasteiger partial charge in [0.25, 0.3) is 10.1 Å². The van der Waals surface area contributed by atoms with E-state index in [9.17, 15) is 17.2 Å². The third-order valence-electron chi connectivity index (χ3n) is 2.65. The maximum atomic E-state index is 13.9. The largest absolute Gasteiger partial charge is 0.384 e. The molecule has 22 heavy (non-hydrogen) atoms. The summed E-state index contributed by atoms with van der Waals surface area (Å²) in [4.78, 5) is 0.749. The molecule has 8 heteroatoms. The Hall–Kier alpha value is -1.38. The average molecular weight is 349 g/mol. The number of nitrogens with one attached hydrogen (secondary N) is 1. The van der Waals surface area contributed by atoms with Crippen LogP contribution in [0.15, 0.2) is 30.2 Å². The fourth-order valence-electron chi connectivity index (χ4n) is 1.54. The van der Waals surface area contributed by atoms with E-state index in [0.29, 0.717) is 0 Å². The number of hydrogen-bond acceptors (Lipinski definition) is 4. The zero-order chi connectivity index (χ0) is 16.9. The summed E-state index contributed by atoms with van der Waals surface area (Å²) >= 11 is 1.24. The smallest absolute Gasteiger partial charge is 0.266 e. The van der Waals surface area contributed by atoms with Crippen LogP contribution in [0.2, 0.25) is 0 Å². The molecular formula is C14H17F2NO3S2. The molecule has 0 heterocycles. The van der Waals surface area contributed by atoms with Crippen LogP contribution in [0.4, 0.5) is 8.78 Å². The molecule has 0 amide bonds. The van der Waals surface area contributed by atoms with Crippen molar-refractivity contribution in [3.63, 3.8) is 0 Å². The monoisotopic (exact) mass is 349 g/mol. The number of hydrogen-bond donors (Lipinski definition) is 2. The Balaban J connectivity index is 2.80. The van der Waals surface area contributed by atoms with Crippen LogP contribution in [-0.2, 0) is 15.9 Å². The molecule has 0 radical (unpaired) electrons. The van der Waals surface area contributed by atoms with Crippen LogP contribution in [0.1, 0.15) is 18.1 Å². The van der Waals surface area contributed by atoms with Crippen molar-refractivity contribution in [2.75, 3.05) is 12.3 Å². The minimum absolute atomic E-state index is 0.0533. The van der Waals surface area contributed by atoms with Gasteiger partial charge in [-0.1, -0.05) is 13.2 Å². The van der Waals surface area contributed by atoms with E-state index in [1.165, 1.54) is 11.8 Å². The maximum absolute atomic E-state index is 13.9. The minimum Gasteiger partial charge on any atom is -0.384 e. The van der Waals surface area contributed by atoms with Crippen LogP contribution in [0.3, 0.4) is 0 Å². The number of allylic oxidation sites excluding steroid dienone is 1. The van der Waals surface area contributed by atoms with Gasteiger partial charge in [-0.2, -0.15) is 8.42 Å². The van der Waals surface area contributed by atoms with Crippen molar-refractivity contribution < 1.29 is 21.8 Å². The standard InChI is InChI=1S/C14H17F2NO3S2/c1-9(2)21-8-12-13(15)6-11(7-14(12)16)10(3)17-4-5-22(18,19)20/h6-7,17H,1,3-5,8H2,2H3,(H,18,19,20). The molecule has 0 aliphatic carbocycles. The zero-order valence-corrected chi connectivity index (χ0v) is 13.7. The third kappa shape index (κ3) is 6.17. The fourth-order valence-corrected chi connectivity index (χ4v) is 2.57. The summed E-state index contributed by atoms with van der Waals surface area (Å²) < 4.78 is 57.7. The predicted octanol–water partition coefficient (Wildman–Crippen LogP) is 3.18. The van der Waals surface area contributed by atoms with E-state index in [4.69, 9.17) is 4.55 Å². The molecule has 0 aromatic heterocycles. The average Bonchev–Trinajstić information content (AvgIpc) is 2.35. The normalized spacial score (nSPS) is 11.3. The molecule has 0 spiro atoms. The van der Waals surface area contributed by atoms with E-state index in [1.807, 2.05) is 0 Å². The van der Waals surface area contributed by atoms with E-state index >= 15 is 0 Å². The van der Waals surface area contributed by atoms with Crippen molar-refractivity contribution in [1.82, 2.24) is 5.32 Å². The molecule has 2 N–H and O–H groups in total. The highest BCUT2D eigenvalue weighted by molar-refractivity contribution is 8.02. The van der Waals surface area contributed by atoms with Gasteiger partial charge in [0, 0.05) is 29.1 Å². The number of thioether (sulfide) groups is 1. The van der Waals surface area contributed by atoms with E-state index in [1.54, 1.807) is 6.92 Å². The summed E-state index contributed by atoms with van der Waals surface area (Å²) in [6.07, 6.45) is 0. The van der Waals surface area contributed by atoms with Gasteiger partial charge in [0.1, 0.15) is 11.6 Å². The number of rotatable bonds is 8. The summed E-state index contributed by atoms with van der Waals surface area (Å²) in [7, 11) is -4.10. The molecule has 0 unspecified atom stereocenters. The summed E-state index contributed by atoms with van der Waals surface area (Å²) in [6, 6.07) is 2.25. The van der Waals surface area contributed by atoms with Crippen LogP contribution >= 0.6 is 11.8 Å². The highest BCUT2D eigenvalue weighted by Crippen LogP contribution is 2.25. The van der Waals surface area contributed by atoms with Crippen molar-refractivity contribution in [3.05, 3.63) is 53.0 Å². The van der Waals surface area contributed by atoms with Gasteiger partial charge in [0.2, 0.25) is 0 Å². The summed E-state index contributed by atoms with van der Waals surface area (Å²) in [5.41, 5.74) is 0.289. The molecule has 0 aliphatic rings. The lowest BCUT2D eigenvalue weighted by Gasteiger charge is -2.12. The van der Waals surface area contributed by atoms with E-state index in [2.05, 4.69) is 18.5 Å². The highest BCUT2D eigenvalue weighted by atomic mass is 32.2. The Kier molecular flexibility index (Phi) is 6.58. The van der Waals surface area contributed by atoms with Crippen molar-refractivity contribution in [2.45, 2.75) is 12.7 Å². The lowest BCUT2D eigenvalue weighted by Crippen LogP contribution is -2.21. The van der Waals surface area contributed by atoms with Crippen molar-refractivity contribution >= 4 is 27.6 Å². The van der Waals surface area contributed by atoms with Crippen molar-refractivity contribution in [1.29, 1.82) is 0 Å². The molecule has 122 valence electrons. The Morgan fingerprint density at radius 2 is 1.86 bits per heavy atom. The van der Waals surface area contributed by atoms with Gasteiger partial charge in [0.15, 0.2) is 0 Å². The molecule has 1 rings (SSSR count). The number of benzene rings is 1. The van der Waals surface area contributed by atoms with Gasteiger partial charge in [0.05, 0.1) is 5.75 Å². The highest BCUT2D eigenvalue weighted by Gasteiger charge is 2.13. The number of halogens is 2. The van der Waals surface area contributed by atoms with Gasteiger partial charge < -0.3 is 5.32 Å². The Labute approximate surface area is 133 Å². The second-order valence-electron chi connectivity index (χ2n) is 4.60. The van der Waals surface area contributed by atoms with E-state index < -0.39 is 27.5 Å². The molecule has 1 aromatic carbocycles. The van der Waals surface area contributed by atoms with E-state index in [-0.39, 0.29) is 29.1 Å². The van der Waals surface area contributed by atoms with Gasteiger partial charge in [-0.3, -0.25) is 4.55 Å². The summed E-state index contributed by atoms with van der Waals surface area (Å²) in [5, 5.41) is 2.59. The van der Waals surface area contributed by atoms with Crippen LogP contribution in [0, 0.1) is 11.6 Å². The van der Waals surface area contributed by atoms with Crippen LogP contribution in [-0.4, -0.2) is 25.3 Å². The van der Waals surface area contributed by atoms with Crippen LogP contribution < -0.4 is 5.32 Å². The molecule has 0 saturated carbocycles.